The highest BCUT2D eigenvalue weighted by molar-refractivity contribution is 5.95. The van der Waals surface area contributed by atoms with Gasteiger partial charge in [-0.05, 0) is 86.6 Å². The number of rotatable bonds is 8. The van der Waals surface area contributed by atoms with E-state index in [1.54, 1.807) is 29.2 Å². The topological polar surface area (TPSA) is 69.6 Å². The number of carbonyl (C=O) groups excluding carboxylic acids is 1. The summed E-state index contributed by atoms with van der Waals surface area (Å²) in [7, 11) is 0. The molecular weight excluding hydrogens is 517 g/mol. The summed E-state index contributed by atoms with van der Waals surface area (Å²) in [5.74, 6) is -1.72. The van der Waals surface area contributed by atoms with Crippen LogP contribution in [0.25, 0.3) is 11.1 Å². The minimum Gasteiger partial charge on any atom is -0.481 e. The fourth-order valence-electron chi connectivity index (χ4n) is 5.46. The van der Waals surface area contributed by atoms with Crippen molar-refractivity contribution in [3.05, 3.63) is 88.5 Å². The molecule has 0 aliphatic carbocycles. The SMILES string of the molecule is Cc1cc(C)cc(-c2ccc(C(CCC(F)(F)F)Nc3ccc(C(=O)N4CCC[C@@H](C(=O)O)C4)cc3)c(C)c2)c1. The van der Waals surface area contributed by atoms with E-state index >= 15 is 0 Å². The van der Waals surface area contributed by atoms with Crippen molar-refractivity contribution in [3.63, 3.8) is 0 Å². The maximum Gasteiger partial charge on any atom is 0.389 e. The number of anilines is 1. The van der Waals surface area contributed by atoms with Gasteiger partial charge in [0.25, 0.3) is 5.91 Å². The van der Waals surface area contributed by atoms with Gasteiger partial charge in [-0.3, -0.25) is 9.59 Å². The van der Waals surface area contributed by atoms with Crippen molar-refractivity contribution < 1.29 is 27.9 Å². The number of carbonyl (C=O) groups is 2. The van der Waals surface area contributed by atoms with Gasteiger partial charge in [-0.15, -0.1) is 0 Å². The molecule has 1 fully saturated rings. The smallest absolute Gasteiger partial charge is 0.389 e. The van der Waals surface area contributed by atoms with E-state index in [9.17, 15) is 27.9 Å². The van der Waals surface area contributed by atoms with E-state index in [-0.39, 0.29) is 18.9 Å². The second-order valence-corrected chi connectivity index (χ2v) is 10.8. The molecule has 2 N–H and O–H groups in total. The number of halogens is 3. The number of hydrogen-bond acceptors (Lipinski definition) is 3. The minimum atomic E-state index is -4.29. The third-order valence-electron chi connectivity index (χ3n) is 7.45. The van der Waals surface area contributed by atoms with E-state index < -0.39 is 30.5 Å². The van der Waals surface area contributed by atoms with Crippen LogP contribution in [-0.4, -0.2) is 41.1 Å². The Morgan fingerprint density at radius 3 is 2.25 bits per heavy atom. The average Bonchev–Trinajstić information content (AvgIpc) is 2.90. The molecule has 0 spiro atoms. The Morgan fingerprint density at radius 1 is 0.975 bits per heavy atom. The Hall–Kier alpha value is -3.81. The Kier molecular flexibility index (Phi) is 8.86. The lowest BCUT2D eigenvalue weighted by atomic mass is 9.92. The van der Waals surface area contributed by atoms with Gasteiger partial charge in [0, 0.05) is 30.8 Å². The Morgan fingerprint density at radius 2 is 1.65 bits per heavy atom. The van der Waals surface area contributed by atoms with Crippen molar-refractivity contribution in [3.8, 4) is 11.1 Å². The van der Waals surface area contributed by atoms with Gasteiger partial charge in [0.1, 0.15) is 0 Å². The third kappa shape index (κ3) is 7.43. The Balaban J connectivity index is 1.54. The molecule has 212 valence electrons. The summed E-state index contributed by atoms with van der Waals surface area (Å²) in [5.41, 5.74) is 7.05. The molecule has 0 saturated carbocycles. The van der Waals surface area contributed by atoms with Gasteiger partial charge >= 0.3 is 12.1 Å². The van der Waals surface area contributed by atoms with E-state index in [0.717, 1.165) is 33.4 Å². The van der Waals surface area contributed by atoms with Crippen LogP contribution >= 0.6 is 0 Å². The Bertz CT molecular complexity index is 1350. The summed E-state index contributed by atoms with van der Waals surface area (Å²) >= 11 is 0. The summed E-state index contributed by atoms with van der Waals surface area (Å²) in [5, 5.41) is 12.6. The van der Waals surface area contributed by atoms with E-state index in [4.69, 9.17) is 0 Å². The molecule has 8 heteroatoms. The molecule has 1 amide bonds. The van der Waals surface area contributed by atoms with Crippen molar-refractivity contribution in [1.29, 1.82) is 0 Å². The molecule has 1 aliphatic heterocycles. The number of carboxylic acid groups (broad SMARTS) is 1. The molecule has 1 aliphatic rings. The molecule has 0 bridgehead atoms. The van der Waals surface area contributed by atoms with Crippen molar-refractivity contribution in [2.75, 3.05) is 18.4 Å². The first kappa shape index (κ1) is 29.2. The number of alkyl halides is 3. The number of piperidine rings is 1. The second kappa shape index (κ2) is 12.1. The lowest BCUT2D eigenvalue weighted by molar-refractivity contribution is -0.143. The summed E-state index contributed by atoms with van der Waals surface area (Å²) in [6.07, 6.45) is -4.18. The number of amides is 1. The first-order valence-corrected chi connectivity index (χ1v) is 13.5. The number of benzene rings is 3. The molecule has 3 aromatic carbocycles. The molecule has 3 aromatic rings. The number of aryl methyl sites for hydroxylation is 3. The number of hydrogen-bond donors (Lipinski definition) is 2. The summed E-state index contributed by atoms with van der Waals surface area (Å²) in [6.45, 7) is 6.65. The molecular formula is C32H35F3N2O3. The van der Waals surface area contributed by atoms with Gasteiger partial charge in [0.15, 0.2) is 0 Å². The quantitative estimate of drug-likeness (QED) is 0.300. The fourth-order valence-corrected chi connectivity index (χ4v) is 5.46. The van der Waals surface area contributed by atoms with Crippen LogP contribution in [-0.2, 0) is 4.79 Å². The van der Waals surface area contributed by atoms with Crippen LogP contribution < -0.4 is 5.32 Å². The van der Waals surface area contributed by atoms with Gasteiger partial charge < -0.3 is 15.3 Å². The lowest BCUT2D eigenvalue weighted by Gasteiger charge is -2.30. The normalized spacial score (nSPS) is 16.4. The second-order valence-electron chi connectivity index (χ2n) is 10.8. The van der Waals surface area contributed by atoms with E-state index in [1.807, 2.05) is 39.0 Å². The van der Waals surface area contributed by atoms with Crippen LogP contribution in [0.2, 0.25) is 0 Å². The number of likely N-dealkylation sites (tertiary alicyclic amines) is 1. The zero-order valence-electron chi connectivity index (χ0n) is 23.0. The van der Waals surface area contributed by atoms with E-state index in [2.05, 4.69) is 23.5 Å². The van der Waals surface area contributed by atoms with Crippen molar-refractivity contribution in [2.45, 2.75) is 58.7 Å². The molecule has 1 saturated heterocycles. The van der Waals surface area contributed by atoms with E-state index in [1.165, 1.54) is 0 Å². The van der Waals surface area contributed by atoms with Gasteiger partial charge in [-0.1, -0.05) is 47.5 Å². The molecule has 1 heterocycles. The first-order chi connectivity index (χ1) is 18.9. The standard InChI is InChI=1S/C32H35F3N2O3/c1-20-15-21(2)17-26(16-20)24-8-11-28(22(3)18-24)29(12-13-32(33,34)35)36-27-9-6-23(7-10-27)30(38)37-14-4-5-25(19-37)31(39)40/h6-11,15-18,25,29,36H,4-5,12-14,19H2,1-3H3,(H,39,40)/t25-,29?/m1/s1. The number of aliphatic carboxylic acids is 1. The van der Waals surface area contributed by atoms with Crippen LogP contribution in [0, 0.1) is 26.7 Å². The monoisotopic (exact) mass is 552 g/mol. The van der Waals surface area contributed by atoms with Gasteiger partial charge in [-0.2, -0.15) is 13.2 Å². The molecule has 5 nitrogen and oxygen atoms in total. The maximum atomic E-state index is 13.2. The zero-order valence-corrected chi connectivity index (χ0v) is 23.0. The Labute approximate surface area is 233 Å². The highest BCUT2D eigenvalue weighted by atomic mass is 19.4. The largest absolute Gasteiger partial charge is 0.481 e. The molecule has 4 rings (SSSR count). The van der Waals surface area contributed by atoms with Crippen molar-refractivity contribution in [2.24, 2.45) is 5.92 Å². The fraction of sp³-hybridized carbons (Fsp3) is 0.375. The van der Waals surface area contributed by atoms with Crippen molar-refractivity contribution in [1.82, 2.24) is 4.90 Å². The lowest BCUT2D eigenvalue weighted by Crippen LogP contribution is -2.42. The summed E-state index contributed by atoms with van der Waals surface area (Å²) < 4.78 is 39.7. The average molecular weight is 553 g/mol. The van der Waals surface area contributed by atoms with E-state index in [0.29, 0.717) is 30.6 Å². The molecule has 40 heavy (non-hydrogen) atoms. The number of nitrogens with zero attached hydrogens (tertiary/aromatic N) is 1. The van der Waals surface area contributed by atoms with Crippen LogP contribution in [0.5, 0.6) is 0 Å². The van der Waals surface area contributed by atoms with Gasteiger partial charge in [0.05, 0.1) is 12.0 Å². The van der Waals surface area contributed by atoms with Gasteiger partial charge in [0.2, 0.25) is 0 Å². The molecule has 0 aromatic heterocycles. The highest BCUT2D eigenvalue weighted by Crippen LogP contribution is 2.34. The van der Waals surface area contributed by atoms with Crippen LogP contribution in [0.4, 0.5) is 18.9 Å². The summed E-state index contributed by atoms with van der Waals surface area (Å²) in [4.78, 5) is 25.9. The minimum absolute atomic E-state index is 0.141. The number of nitrogens with one attached hydrogen (secondary N) is 1. The van der Waals surface area contributed by atoms with Crippen LogP contribution in [0.15, 0.2) is 60.7 Å². The van der Waals surface area contributed by atoms with Crippen LogP contribution in [0.1, 0.15) is 64.3 Å². The summed E-state index contributed by atoms with van der Waals surface area (Å²) in [6, 6.07) is 18.2. The van der Waals surface area contributed by atoms with Crippen LogP contribution in [0.3, 0.4) is 0 Å². The molecule has 2 atom stereocenters. The maximum absolute atomic E-state index is 13.2. The van der Waals surface area contributed by atoms with Crippen molar-refractivity contribution >= 4 is 17.6 Å². The first-order valence-electron chi connectivity index (χ1n) is 13.5. The highest BCUT2D eigenvalue weighted by Gasteiger charge is 2.30. The molecule has 0 radical (unpaired) electrons. The predicted octanol–water partition coefficient (Wildman–Crippen LogP) is 7.71. The zero-order chi connectivity index (χ0) is 29.0. The molecule has 1 unspecified atom stereocenters. The third-order valence-corrected chi connectivity index (χ3v) is 7.45. The van der Waals surface area contributed by atoms with Gasteiger partial charge in [-0.25, -0.2) is 0 Å². The number of carboxylic acids is 1. The predicted molar refractivity (Wildman–Crippen MR) is 150 cm³/mol.